The maximum absolute atomic E-state index is 10.5. The minimum atomic E-state index is -4.21. The van der Waals surface area contributed by atoms with E-state index in [0.29, 0.717) is 0 Å². The van der Waals surface area contributed by atoms with Crippen LogP contribution in [0.2, 0.25) is 0 Å². The zero-order valence-corrected chi connectivity index (χ0v) is 6.56. The predicted molar refractivity (Wildman–Crippen MR) is 37.8 cm³/mol. The van der Waals surface area contributed by atoms with E-state index in [4.69, 9.17) is 16.0 Å². The Labute approximate surface area is 60.1 Å². The van der Waals surface area contributed by atoms with Crippen LogP contribution in [-0.2, 0) is 10.1 Å². The molecule has 62 valence electrons. The summed E-state index contributed by atoms with van der Waals surface area (Å²) in [6.07, 6.45) is 0.0995. The molecule has 0 spiro atoms. The Morgan fingerprint density at radius 1 is 1.60 bits per heavy atom. The van der Waals surface area contributed by atoms with Crippen molar-refractivity contribution in [3.8, 4) is 0 Å². The molecule has 0 heterocycles. The summed E-state index contributed by atoms with van der Waals surface area (Å²) >= 11 is 0. The van der Waals surface area contributed by atoms with Crippen LogP contribution in [-0.4, -0.2) is 24.4 Å². The summed E-state index contributed by atoms with van der Waals surface area (Å²) in [5.74, 6) is 0. The lowest BCUT2D eigenvalue weighted by molar-refractivity contribution is 0.420. The molecular weight excluding hydrogens is 156 g/mol. The number of rotatable bonds is 3. The Morgan fingerprint density at radius 3 is 2.00 bits per heavy atom. The van der Waals surface area contributed by atoms with Crippen molar-refractivity contribution in [2.45, 2.75) is 18.2 Å². The van der Waals surface area contributed by atoms with E-state index in [1.165, 1.54) is 0 Å². The van der Waals surface area contributed by atoms with Crippen LogP contribution in [0.5, 0.6) is 0 Å². The van der Waals surface area contributed by atoms with Crippen LogP contribution in [0.3, 0.4) is 0 Å². The van der Waals surface area contributed by atoms with E-state index in [0.717, 1.165) is 0 Å². The molecule has 0 amide bonds. The van der Waals surface area contributed by atoms with Crippen molar-refractivity contribution in [3.63, 3.8) is 0 Å². The third-order valence-electron chi connectivity index (χ3n) is 1.46. The van der Waals surface area contributed by atoms with Gasteiger partial charge in [0.15, 0.2) is 4.87 Å². The number of nitrogens with two attached hydrogens (primary N) is 2. The van der Waals surface area contributed by atoms with Gasteiger partial charge in [-0.2, -0.15) is 8.42 Å². The molecule has 0 radical (unpaired) electrons. The second kappa shape index (κ2) is 2.83. The number of hydrogen-bond donors (Lipinski definition) is 3. The lowest BCUT2D eigenvalue weighted by Crippen LogP contribution is -2.52. The Balaban J connectivity index is 4.68. The van der Waals surface area contributed by atoms with Crippen molar-refractivity contribution >= 4 is 10.1 Å². The van der Waals surface area contributed by atoms with Gasteiger partial charge in [-0.1, -0.05) is 6.92 Å². The van der Waals surface area contributed by atoms with Crippen molar-refractivity contribution in [1.29, 1.82) is 0 Å². The molecule has 0 aliphatic carbocycles. The standard InChI is InChI=1S/C4H12N2O3S/c1-2-4(6,3-5)10(7,8)9/h2-3,5-6H2,1H3,(H,7,8,9). The molecule has 0 aromatic heterocycles. The van der Waals surface area contributed by atoms with Gasteiger partial charge in [-0.15, -0.1) is 0 Å². The van der Waals surface area contributed by atoms with Gasteiger partial charge < -0.3 is 11.5 Å². The lowest BCUT2D eigenvalue weighted by atomic mass is 10.2. The van der Waals surface area contributed by atoms with Gasteiger partial charge >= 0.3 is 0 Å². The summed E-state index contributed by atoms with van der Waals surface area (Å²) in [4.78, 5) is -1.67. The van der Waals surface area contributed by atoms with Crippen LogP contribution in [0.4, 0.5) is 0 Å². The molecule has 0 aliphatic rings. The Kier molecular flexibility index (Phi) is 2.78. The van der Waals surface area contributed by atoms with Gasteiger partial charge in [0.1, 0.15) is 0 Å². The summed E-state index contributed by atoms with van der Waals surface area (Å²) in [6, 6.07) is 0. The third-order valence-corrected chi connectivity index (χ3v) is 2.94. The second-order valence-electron chi connectivity index (χ2n) is 2.10. The molecule has 0 fully saturated rings. The zero-order chi connectivity index (χ0) is 8.41. The fourth-order valence-corrected chi connectivity index (χ4v) is 1.01. The van der Waals surface area contributed by atoms with Crippen LogP contribution in [0, 0.1) is 0 Å². The van der Waals surface area contributed by atoms with E-state index in [2.05, 4.69) is 0 Å². The molecule has 10 heavy (non-hydrogen) atoms. The number of hydrogen-bond acceptors (Lipinski definition) is 4. The fraction of sp³-hybridized carbons (Fsp3) is 1.00. The van der Waals surface area contributed by atoms with Crippen molar-refractivity contribution in [1.82, 2.24) is 0 Å². The lowest BCUT2D eigenvalue weighted by Gasteiger charge is -2.21. The molecule has 0 aromatic rings. The van der Waals surface area contributed by atoms with E-state index in [1.807, 2.05) is 0 Å². The molecule has 0 saturated heterocycles. The van der Waals surface area contributed by atoms with E-state index in [1.54, 1.807) is 6.92 Å². The highest BCUT2D eigenvalue weighted by atomic mass is 32.2. The van der Waals surface area contributed by atoms with Crippen LogP contribution in [0.1, 0.15) is 13.3 Å². The van der Waals surface area contributed by atoms with Crippen molar-refractivity contribution in [3.05, 3.63) is 0 Å². The van der Waals surface area contributed by atoms with Gasteiger partial charge in [0.2, 0.25) is 0 Å². The normalized spacial score (nSPS) is 18.4. The van der Waals surface area contributed by atoms with Gasteiger partial charge in [0.25, 0.3) is 10.1 Å². The first-order chi connectivity index (χ1) is 4.37. The van der Waals surface area contributed by atoms with Crippen molar-refractivity contribution < 1.29 is 13.0 Å². The minimum Gasteiger partial charge on any atom is -0.328 e. The molecule has 6 heteroatoms. The Morgan fingerprint density at radius 2 is 2.00 bits per heavy atom. The smallest absolute Gasteiger partial charge is 0.285 e. The highest BCUT2D eigenvalue weighted by molar-refractivity contribution is 7.87. The summed E-state index contributed by atoms with van der Waals surface area (Å²) in [5.41, 5.74) is 10.3. The van der Waals surface area contributed by atoms with E-state index < -0.39 is 15.0 Å². The monoisotopic (exact) mass is 168 g/mol. The molecule has 0 bridgehead atoms. The average Bonchev–Trinajstić information content (AvgIpc) is 1.84. The first-order valence-corrected chi connectivity index (χ1v) is 4.27. The molecule has 1 atom stereocenters. The molecule has 0 saturated carbocycles. The van der Waals surface area contributed by atoms with Gasteiger partial charge in [0, 0.05) is 6.54 Å². The van der Waals surface area contributed by atoms with Gasteiger partial charge in [0.05, 0.1) is 0 Å². The average molecular weight is 168 g/mol. The maximum Gasteiger partial charge on any atom is 0.285 e. The summed E-state index contributed by atoms with van der Waals surface area (Å²) in [7, 11) is -4.21. The van der Waals surface area contributed by atoms with Crippen molar-refractivity contribution in [2.75, 3.05) is 6.54 Å². The van der Waals surface area contributed by atoms with Crippen molar-refractivity contribution in [2.24, 2.45) is 11.5 Å². The third kappa shape index (κ3) is 1.66. The fourth-order valence-electron chi connectivity index (χ4n) is 0.432. The van der Waals surface area contributed by atoms with E-state index >= 15 is 0 Å². The van der Waals surface area contributed by atoms with Gasteiger partial charge in [-0.3, -0.25) is 4.55 Å². The largest absolute Gasteiger partial charge is 0.328 e. The van der Waals surface area contributed by atoms with Crippen LogP contribution in [0.15, 0.2) is 0 Å². The van der Waals surface area contributed by atoms with Crippen LogP contribution >= 0.6 is 0 Å². The predicted octanol–water partition coefficient (Wildman–Crippen LogP) is -1.10. The SMILES string of the molecule is CCC(N)(CN)S(=O)(=O)O. The summed E-state index contributed by atoms with van der Waals surface area (Å²) in [6.45, 7) is 1.27. The highest BCUT2D eigenvalue weighted by Crippen LogP contribution is 2.10. The van der Waals surface area contributed by atoms with E-state index in [-0.39, 0.29) is 13.0 Å². The quantitative estimate of drug-likeness (QED) is 0.464. The Hall–Kier alpha value is -0.170. The van der Waals surface area contributed by atoms with Gasteiger partial charge in [-0.25, -0.2) is 0 Å². The first-order valence-electron chi connectivity index (χ1n) is 2.83. The van der Waals surface area contributed by atoms with Crippen LogP contribution < -0.4 is 11.5 Å². The molecule has 5 N–H and O–H groups in total. The summed E-state index contributed by atoms with van der Waals surface area (Å²) < 4.78 is 29.4. The molecule has 0 aromatic carbocycles. The molecule has 5 nitrogen and oxygen atoms in total. The first kappa shape index (κ1) is 9.83. The second-order valence-corrected chi connectivity index (χ2v) is 3.86. The Bertz CT molecular complexity index is 195. The molecular formula is C4H12N2O3S. The molecule has 0 rings (SSSR count). The van der Waals surface area contributed by atoms with Crippen LogP contribution in [0.25, 0.3) is 0 Å². The maximum atomic E-state index is 10.5. The summed E-state index contributed by atoms with van der Waals surface area (Å²) in [5, 5.41) is 0. The van der Waals surface area contributed by atoms with Gasteiger partial charge in [-0.05, 0) is 6.42 Å². The topological polar surface area (TPSA) is 106 Å². The molecule has 1 unspecified atom stereocenters. The molecule has 0 aliphatic heterocycles. The van der Waals surface area contributed by atoms with E-state index in [9.17, 15) is 8.42 Å². The highest BCUT2D eigenvalue weighted by Gasteiger charge is 2.35. The zero-order valence-electron chi connectivity index (χ0n) is 5.74. The minimum absolute atomic E-state index is 0.0995.